The number of hydrogen-bond donors (Lipinski definition) is 0. The van der Waals surface area contributed by atoms with Crippen LogP contribution in [0.1, 0.15) is 175 Å². The van der Waals surface area contributed by atoms with Gasteiger partial charge in [-0.15, -0.1) is 0 Å². The molecule has 0 N–H and O–H groups in total. The average molecular weight is 421 g/mol. The molecule has 180 valence electrons. The summed E-state index contributed by atoms with van der Waals surface area (Å²) in [4.78, 5) is 0. The van der Waals surface area contributed by atoms with Crippen LogP contribution in [0, 0.1) is 5.92 Å². The Bertz CT molecular complexity index is 316. The quantitative estimate of drug-likeness (QED) is 0.102. The Morgan fingerprint density at radius 3 is 1.20 bits per heavy atom. The van der Waals surface area contributed by atoms with Crippen molar-refractivity contribution in [2.24, 2.45) is 5.92 Å². The predicted molar refractivity (Wildman–Crippen MR) is 140 cm³/mol. The average Bonchev–Trinajstić information content (AvgIpc) is 2.75. The van der Waals surface area contributed by atoms with Crippen molar-refractivity contribution in [3.05, 3.63) is 12.2 Å². The summed E-state index contributed by atoms with van der Waals surface area (Å²) in [6.45, 7) is 7.01. The van der Waals surface area contributed by atoms with Crippen LogP contribution in [0.2, 0.25) is 0 Å². The molecule has 0 radical (unpaired) electrons. The Morgan fingerprint density at radius 1 is 0.433 bits per heavy atom. The molecule has 0 rings (SSSR count). The SMILES string of the molecule is CCC=CCCCCCCCCCC(C)CCCCCCCCCCCCCCC. The van der Waals surface area contributed by atoms with Gasteiger partial charge in [0.25, 0.3) is 0 Å². The highest BCUT2D eigenvalue weighted by molar-refractivity contribution is 4.79. The van der Waals surface area contributed by atoms with E-state index in [2.05, 4.69) is 32.9 Å². The second kappa shape index (κ2) is 26.8. The van der Waals surface area contributed by atoms with E-state index < -0.39 is 0 Å². The molecule has 0 heterocycles. The molecule has 0 heteroatoms. The lowest BCUT2D eigenvalue weighted by Crippen LogP contribution is -1.95. The molecule has 0 spiro atoms. The monoisotopic (exact) mass is 420 g/mol. The van der Waals surface area contributed by atoms with Crippen molar-refractivity contribution in [1.82, 2.24) is 0 Å². The van der Waals surface area contributed by atoms with E-state index >= 15 is 0 Å². The maximum atomic E-state index is 2.49. The van der Waals surface area contributed by atoms with Crippen molar-refractivity contribution >= 4 is 0 Å². The Hall–Kier alpha value is -0.260. The summed E-state index contributed by atoms with van der Waals surface area (Å²) in [6, 6.07) is 0. The van der Waals surface area contributed by atoms with Gasteiger partial charge in [-0.25, -0.2) is 0 Å². The Kier molecular flexibility index (Phi) is 26.5. The normalized spacial score (nSPS) is 12.8. The van der Waals surface area contributed by atoms with E-state index in [1.807, 2.05) is 0 Å². The molecule has 0 aliphatic carbocycles. The molecule has 0 aliphatic heterocycles. The smallest absolute Gasteiger partial charge is 0.0351 e. The summed E-state index contributed by atoms with van der Waals surface area (Å²) in [7, 11) is 0. The number of hydrogen-bond acceptors (Lipinski definition) is 0. The van der Waals surface area contributed by atoms with Crippen LogP contribution in [0.5, 0.6) is 0 Å². The van der Waals surface area contributed by atoms with E-state index in [0.29, 0.717) is 0 Å². The lowest BCUT2D eigenvalue weighted by atomic mass is 9.95. The van der Waals surface area contributed by atoms with Gasteiger partial charge >= 0.3 is 0 Å². The molecule has 0 saturated carbocycles. The van der Waals surface area contributed by atoms with Crippen molar-refractivity contribution < 1.29 is 0 Å². The molecule has 0 bridgehead atoms. The minimum absolute atomic E-state index is 0.961. The third-order valence-corrected chi connectivity index (χ3v) is 6.77. The highest BCUT2D eigenvalue weighted by Gasteiger charge is 2.02. The maximum absolute atomic E-state index is 2.49. The second-order valence-corrected chi connectivity index (χ2v) is 10.1. The lowest BCUT2D eigenvalue weighted by Gasteiger charge is -2.11. The number of rotatable bonds is 25. The fourth-order valence-corrected chi connectivity index (χ4v) is 4.58. The number of unbranched alkanes of at least 4 members (excludes halogenated alkanes) is 19. The van der Waals surface area contributed by atoms with E-state index in [1.165, 1.54) is 154 Å². The van der Waals surface area contributed by atoms with Crippen LogP contribution in [-0.2, 0) is 0 Å². The first-order valence-electron chi connectivity index (χ1n) is 14.5. The highest BCUT2D eigenvalue weighted by atomic mass is 14.1. The lowest BCUT2D eigenvalue weighted by molar-refractivity contribution is 0.430. The van der Waals surface area contributed by atoms with E-state index in [-0.39, 0.29) is 0 Å². The molecule has 0 saturated heterocycles. The van der Waals surface area contributed by atoms with Gasteiger partial charge in [0.05, 0.1) is 0 Å². The van der Waals surface area contributed by atoms with E-state index in [4.69, 9.17) is 0 Å². The topological polar surface area (TPSA) is 0 Å². The minimum atomic E-state index is 0.961. The van der Waals surface area contributed by atoms with Crippen LogP contribution in [0.4, 0.5) is 0 Å². The van der Waals surface area contributed by atoms with Gasteiger partial charge in [0.15, 0.2) is 0 Å². The van der Waals surface area contributed by atoms with Crippen LogP contribution >= 0.6 is 0 Å². The van der Waals surface area contributed by atoms with Gasteiger partial charge in [-0.2, -0.15) is 0 Å². The molecule has 0 aromatic carbocycles. The molecule has 0 fully saturated rings. The third kappa shape index (κ3) is 25.8. The van der Waals surface area contributed by atoms with Crippen LogP contribution in [0.25, 0.3) is 0 Å². The molecule has 0 aromatic rings. The summed E-state index contributed by atoms with van der Waals surface area (Å²) < 4.78 is 0. The molecule has 1 atom stereocenters. The molecule has 0 aliphatic rings. The standard InChI is InChI=1S/C30H60/c1-4-6-8-10-12-14-16-17-19-21-23-25-27-29-30(3)28-26-24-22-20-18-15-13-11-9-7-5-2/h7,9,30H,4-6,8,10-29H2,1-3H3. The maximum Gasteiger partial charge on any atom is -0.0351 e. The summed E-state index contributed by atoms with van der Waals surface area (Å²) in [5.74, 6) is 0.961. The van der Waals surface area contributed by atoms with Crippen LogP contribution in [0.15, 0.2) is 12.2 Å². The zero-order valence-corrected chi connectivity index (χ0v) is 21.7. The second-order valence-electron chi connectivity index (χ2n) is 10.1. The Morgan fingerprint density at radius 2 is 0.800 bits per heavy atom. The van der Waals surface area contributed by atoms with Gasteiger partial charge in [-0.1, -0.05) is 168 Å². The predicted octanol–water partition coefficient (Wildman–Crippen LogP) is 11.6. The minimum Gasteiger partial charge on any atom is -0.0888 e. The molecule has 0 amide bonds. The van der Waals surface area contributed by atoms with Crippen LogP contribution < -0.4 is 0 Å². The molecule has 0 nitrogen and oxygen atoms in total. The van der Waals surface area contributed by atoms with Crippen molar-refractivity contribution in [2.45, 2.75) is 175 Å². The highest BCUT2D eigenvalue weighted by Crippen LogP contribution is 2.19. The molecule has 30 heavy (non-hydrogen) atoms. The zero-order valence-electron chi connectivity index (χ0n) is 21.7. The van der Waals surface area contributed by atoms with Crippen molar-refractivity contribution in [3.8, 4) is 0 Å². The molecular weight excluding hydrogens is 360 g/mol. The summed E-state index contributed by atoms with van der Waals surface area (Å²) in [5, 5.41) is 0. The van der Waals surface area contributed by atoms with E-state index in [1.54, 1.807) is 0 Å². The Labute approximate surface area is 193 Å². The van der Waals surface area contributed by atoms with Gasteiger partial charge in [0, 0.05) is 0 Å². The van der Waals surface area contributed by atoms with Gasteiger partial charge in [-0.3, -0.25) is 0 Å². The molecular formula is C30H60. The van der Waals surface area contributed by atoms with Crippen LogP contribution in [0.3, 0.4) is 0 Å². The Balaban J connectivity index is 3.15. The van der Waals surface area contributed by atoms with E-state index in [0.717, 1.165) is 5.92 Å². The largest absolute Gasteiger partial charge is 0.0888 e. The van der Waals surface area contributed by atoms with Gasteiger partial charge < -0.3 is 0 Å². The van der Waals surface area contributed by atoms with Gasteiger partial charge in [0.1, 0.15) is 0 Å². The van der Waals surface area contributed by atoms with Crippen molar-refractivity contribution in [3.63, 3.8) is 0 Å². The summed E-state index contributed by atoms with van der Waals surface area (Å²) in [6.07, 6.45) is 39.4. The fourth-order valence-electron chi connectivity index (χ4n) is 4.58. The van der Waals surface area contributed by atoms with Gasteiger partial charge in [0.2, 0.25) is 0 Å². The van der Waals surface area contributed by atoms with Crippen LogP contribution in [-0.4, -0.2) is 0 Å². The third-order valence-electron chi connectivity index (χ3n) is 6.77. The first-order chi connectivity index (χ1) is 14.8. The number of allylic oxidation sites excluding steroid dienone is 2. The zero-order chi connectivity index (χ0) is 22.0. The van der Waals surface area contributed by atoms with E-state index in [9.17, 15) is 0 Å². The summed E-state index contributed by atoms with van der Waals surface area (Å²) in [5.41, 5.74) is 0. The fraction of sp³-hybridized carbons (Fsp3) is 0.933. The van der Waals surface area contributed by atoms with Crippen molar-refractivity contribution in [2.75, 3.05) is 0 Å². The summed E-state index contributed by atoms with van der Waals surface area (Å²) >= 11 is 0. The molecule has 1 unspecified atom stereocenters. The first kappa shape index (κ1) is 29.7. The van der Waals surface area contributed by atoms with Crippen molar-refractivity contribution in [1.29, 1.82) is 0 Å². The first-order valence-corrected chi connectivity index (χ1v) is 14.5. The van der Waals surface area contributed by atoms with Gasteiger partial charge in [-0.05, 0) is 25.2 Å². The molecule has 0 aromatic heterocycles.